The highest BCUT2D eigenvalue weighted by Gasteiger charge is 2.21. The maximum Gasteiger partial charge on any atom is 0.271 e. The van der Waals surface area contributed by atoms with Crippen molar-refractivity contribution in [1.82, 2.24) is 14.8 Å². The minimum Gasteiger partial charge on any atom is -0.261 e. The summed E-state index contributed by atoms with van der Waals surface area (Å²) in [6.07, 6.45) is 3.42. The highest BCUT2D eigenvalue weighted by molar-refractivity contribution is 6.16. The Morgan fingerprint density at radius 2 is 1.63 bits per heavy atom. The average Bonchev–Trinajstić information content (AvgIpc) is 3.35. The summed E-state index contributed by atoms with van der Waals surface area (Å²) in [6, 6.07) is 31.5. The van der Waals surface area contributed by atoms with Gasteiger partial charge in [-0.3, -0.25) is 15.5 Å². The Balaban J connectivity index is 1.71. The predicted molar refractivity (Wildman–Crippen MR) is 136 cm³/mol. The second-order valence-corrected chi connectivity index (χ2v) is 7.61. The van der Waals surface area contributed by atoms with Gasteiger partial charge in [0, 0.05) is 35.0 Å². The molecule has 8 heteroatoms. The molecule has 0 unspecified atom stereocenters. The number of nitro groups is 1. The van der Waals surface area contributed by atoms with Gasteiger partial charge < -0.3 is 0 Å². The van der Waals surface area contributed by atoms with E-state index in [4.69, 9.17) is 5.10 Å². The van der Waals surface area contributed by atoms with Crippen molar-refractivity contribution in [2.75, 3.05) is 5.43 Å². The maximum atomic E-state index is 11.4. The molecule has 170 valence electrons. The predicted octanol–water partition coefficient (Wildman–Crippen LogP) is 5.71. The zero-order valence-corrected chi connectivity index (χ0v) is 18.5. The first-order valence-corrected chi connectivity index (χ1v) is 10.9. The largest absolute Gasteiger partial charge is 0.271 e. The van der Waals surface area contributed by atoms with Gasteiger partial charge >= 0.3 is 0 Å². The first-order chi connectivity index (χ1) is 17.2. The fourth-order valence-electron chi connectivity index (χ4n) is 3.75. The van der Waals surface area contributed by atoms with Gasteiger partial charge in [0.1, 0.15) is 11.5 Å². The number of pyridine rings is 1. The van der Waals surface area contributed by atoms with Crippen molar-refractivity contribution >= 4 is 17.2 Å². The van der Waals surface area contributed by atoms with Crippen LogP contribution in [-0.2, 0) is 0 Å². The van der Waals surface area contributed by atoms with Crippen LogP contribution in [-0.4, -0.2) is 25.4 Å². The minimum atomic E-state index is -0.413. The lowest BCUT2D eigenvalue weighted by Crippen LogP contribution is -2.09. The molecule has 0 atom stereocenters. The summed E-state index contributed by atoms with van der Waals surface area (Å²) in [4.78, 5) is 15.3. The zero-order valence-electron chi connectivity index (χ0n) is 18.5. The van der Waals surface area contributed by atoms with Gasteiger partial charge in [-0.1, -0.05) is 72.8 Å². The van der Waals surface area contributed by atoms with Crippen molar-refractivity contribution in [3.8, 4) is 16.9 Å². The summed E-state index contributed by atoms with van der Waals surface area (Å²) < 4.78 is 1.71. The van der Waals surface area contributed by atoms with Crippen LogP contribution in [0.1, 0.15) is 11.1 Å². The molecule has 0 saturated carbocycles. The molecule has 35 heavy (non-hydrogen) atoms. The average molecular weight is 460 g/mol. The molecule has 2 aromatic heterocycles. The van der Waals surface area contributed by atoms with E-state index in [1.165, 1.54) is 12.1 Å². The zero-order chi connectivity index (χ0) is 24.0. The SMILES string of the molecule is O=[N+]([O-])c1cccc(-n2ncc(/C(=N/Nc3ccccn3)c3ccccc3)c2-c2ccccc2)c1. The molecular weight excluding hydrogens is 440 g/mol. The number of nitro benzene ring substituents is 1. The first-order valence-electron chi connectivity index (χ1n) is 10.9. The molecule has 3 aromatic carbocycles. The van der Waals surface area contributed by atoms with Crippen molar-refractivity contribution in [3.05, 3.63) is 137 Å². The van der Waals surface area contributed by atoms with Crippen molar-refractivity contribution < 1.29 is 4.92 Å². The van der Waals surface area contributed by atoms with Crippen LogP contribution in [0.25, 0.3) is 16.9 Å². The highest BCUT2D eigenvalue weighted by Crippen LogP contribution is 2.30. The highest BCUT2D eigenvalue weighted by atomic mass is 16.6. The molecule has 0 radical (unpaired) electrons. The third-order valence-electron chi connectivity index (χ3n) is 5.35. The third kappa shape index (κ3) is 4.67. The number of rotatable bonds is 7. The number of hydrogen-bond acceptors (Lipinski definition) is 6. The molecule has 0 aliphatic heterocycles. The lowest BCUT2D eigenvalue weighted by Gasteiger charge is -2.12. The second-order valence-electron chi connectivity index (χ2n) is 7.61. The van der Waals surface area contributed by atoms with Gasteiger partial charge in [-0.15, -0.1) is 0 Å². The lowest BCUT2D eigenvalue weighted by molar-refractivity contribution is -0.384. The van der Waals surface area contributed by atoms with Crippen molar-refractivity contribution in [1.29, 1.82) is 0 Å². The van der Waals surface area contributed by atoms with E-state index in [0.717, 1.165) is 22.4 Å². The number of hydrogen-bond donors (Lipinski definition) is 1. The smallest absolute Gasteiger partial charge is 0.261 e. The van der Waals surface area contributed by atoms with E-state index in [0.29, 0.717) is 17.2 Å². The van der Waals surface area contributed by atoms with Crippen LogP contribution in [0.5, 0.6) is 0 Å². The number of anilines is 1. The molecule has 0 aliphatic rings. The van der Waals surface area contributed by atoms with Crippen LogP contribution in [0.15, 0.2) is 121 Å². The van der Waals surface area contributed by atoms with Crippen LogP contribution < -0.4 is 5.43 Å². The van der Waals surface area contributed by atoms with Gasteiger partial charge in [0.15, 0.2) is 0 Å². The fraction of sp³-hybridized carbons (Fsp3) is 0. The van der Waals surface area contributed by atoms with Crippen LogP contribution in [0, 0.1) is 10.1 Å². The maximum absolute atomic E-state index is 11.4. The number of nitrogens with one attached hydrogen (secondary N) is 1. The summed E-state index contributed by atoms with van der Waals surface area (Å²) in [6.45, 7) is 0. The Labute approximate surface area is 201 Å². The van der Waals surface area contributed by atoms with Gasteiger partial charge in [-0.25, -0.2) is 9.67 Å². The van der Waals surface area contributed by atoms with E-state index in [9.17, 15) is 10.1 Å². The van der Waals surface area contributed by atoms with Gasteiger partial charge in [-0.05, 0) is 18.2 Å². The lowest BCUT2D eigenvalue weighted by atomic mass is 9.99. The number of benzene rings is 3. The van der Waals surface area contributed by atoms with E-state index in [1.54, 1.807) is 29.2 Å². The topological polar surface area (TPSA) is 98.2 Å². The third-order valence-corrected chi connectivity index (χ3v) is 5.35. The Morgan fingerprint density at radius 3 is 2.34 bits per heavy atom. The van der Waals surface area contributed by atoms with E-state index in [2.05, 4.69) is 15.5 Å². The van der Waals surface area contributed by atoms with E-state index >= 15 is 0 Å². The molecule has 0 fully saturated rings. The molecule has 0 bridgehead atoms. The Morgan fingerprint density at radius 1 is 0.886 bits per heavy atom. The second kappa shape index (κ2) is 9.80. The van der Waals surface area contributed by atoms with Crippen molar-refractivity contribution in [2.45, 2.75) is 0 Å². The molecule has 2 heterocycles. The van der Waals surface area contributed by atoms with Crippen LogP contribution in [0.2, 0.25) is 0 Å². The molecule has 8 nitrogen and oxygen atoms in total. The minimum absolute atomic E-state index is 0.00710. The molecule has 0 spiro atoms. The van der Waals surface area contributed by atoms with Gasteiger partial charge in [-0.2, -0.15) is 10.2 Å². The van der Waals surface area contributed by atoms with Crippen LogP contribution in [0.3, 0.4) is 0 Å². The van der Waals surface area contributed by atoms with Crippen LogP contribution in [0.4, 0.5) is 11.5 Å². The summed E-state index contributed by atoms with van der Waals surface area (Å²) in [7, 11) is 0. The Kier molecular flexibility index (Phi) is 6.08. The summed E-state index contributed by atoms with van der Waals surface area (Å²) >= 11 is 0. The van der Waals surface area contributed by atoms with E-state index < -0.39 is 4.92 Å². The Hall–Kier alpha value is -5.11. The van der Waals surface area contributed by atoms with Crippen LogP contribution >= 0.6 is 0 Å². The summed E-state index contributed by atoms with van der Waals surface area (Å²) in [5.41, 5.74) is 7.57. The molecular formula is C27H20N6O2. The fourth-order valence-corrected chi connectivity index (χ4v) is 3.75. The quantitative estimate of drug-likeness (QED) is 0.191. The normalized spacial score (nSPS) is 11.3. The summed E-state index contributed by atoms with van der Waals surface area (Å²) in [5.74, 6) is 0.605. The van der Waals surface area contributed by atoms with Gasteiger partial charge in [0.05, 0.1) is 22.5 Å². The first kappa shape index (κ1) is 21.7. The number of aromatic nitrogens is 3. The molecule has 0 saturated heterocycles. The molecule has 0 aliphatic carbocycles. The molecule has 1 N–H and O–H groups in total. The number of nitrogens with zero attached hydrogens (tertiary/aromatic N) is 5. The molecule has 0 amide bonds. The van der Waals surface area contributed by atoms with E-state index in [1.807, 2.05) is 78.9 Å². The van der Waals surface area contributed by atoms with Gasteiger partial charge in [0.2, 0.25) is 0 Å². The monoisotopic (exact) mass is 460 g/mol. The molecule has 5 aromatic rings. The van der Waals surface area contributed by atoms with Crippen molar-refractivity contribution in [3.63, 3.8) is 0 Å². The molecule has 5 rings (SSSR count). The Bertz CT molecular complexity index is 1480. The van der Waals surface area contributed by atoms with Gasteiger partial charge in [0.25, 0.3) is 5.69 Å². The summed E-state index contributed by atoms with van der Waals surface area (Å²) in [5, 5.41) is 20.8. The standard InChI is InChI=1S/C27H20N6O2/c34-33(35)23-15-9-14-22(18-23)32-27(21-12-5-2-6-13-21)24(19-29-32)26(20-10-3-1-4-11-20)31-30-25-16-7-8-17-28-25/h1-19H,(H,28,30)/b31-26+. The number of non-ortho nitro benzene ring substituents is 1. The van der Waals surface area contributed by atoms with E-state index in [-0.39, 0.29) is 5.69 Å². The number of hydrazone groups is 1. The van der Waals surface area contributed by atoms with Crippen molar-refractivity contribution in [2.24, 2.45) is 5.10 Å².